The van der Waals surface area contributed by atoms with Crippen molar-refractivity contribution in [1.82, 2.24) is 4.90 Å². The van der Waals surface area contributed by atoms with E-state index in [-0.39, 0.29) is 24.4 Å². The third-order valence-corrected chi connectivity index (χ3v) is 5.82. The minimum Gasteiger partial charge on any atom is -0.493 e. The summed E-state index contributed by atoms with van der Waals surface area (Å²) in [6.45, 7) is 4.50. The summed E-state index contributed by atoms with van der Waals surface area (Å²) in [6.07, 6.45) is 4.27. The van der Waals surface area contributed by atoms with Crippen molar-refractivity contribution >= 4 is 0 Å². The molecule has 0 radical (unpaired) electrons. The molecule has 140 valence electrons. The second kappa shape index (κ2) is 8.04. The number of likely N-dealkylation sites (tertiary alicyclic amines) is 1. The molecule has 1 heterocycles. The molecule has 3 atom stereocenters. The molecule has 5 heteroatoms. The highest BCUT2D eigenvalue weighted by Crippen LogP contribution is 2.43. The molecular formula is C20H31NO4. The average molecular weight is 349 g/mol. The second-order valence-corrected chi connectivity index (χ2v) is 7.38. The first-order valence-electron chi connectivity index (χ1n) is 9.44. The zero-order chi connectivity index (χ0) is 17.9. The van der Waals surface area contributed by atoms with Crippen LogP contribution in [0.3, 0.4) is 0 Å². The van der Waals surface area contributed by atoms with Gasteiger partial charge in [0, 0.05) is 31.8 Å². The van der Waals surface area contributed by atoms with Crippen LogP contribution in [0.25, 0.3) is 0 Å². The van der Waals surface area contributed by atoms with Crippen molar-refractivity contribution in [2.75, 3.05) is 20.3 Å². The van der Waals surface area contributed by atoms with Crippen molar-refractivity contribution in [3.8, 4) is 5.75 Å². The summed E-state index contributed by atoms with van der Waals surface area (Å²) in [5.41, 5.74) is 1.90. The van der Waals surface area contributed by atoms with Gasteiger partial charge in [-0.25, -0.2) is 0 Å². The van der Waals surface area contributed by atoms with E-state index in [1.807, 2.05) is 12.1 Å². The van der Waals surface area contributed by atoms with Crippen molar-refractivity contribution in [2.24, 2.45) is 0 Å². The number of aliphatic hydroxyl groups is 2. The first kappa shape index (κ1) is 18.6. The molecule has 1 aromatic rings. The molecular weight excluding hydrogens is 318 g/mol. The SMILES string of the molecule is CCCOc1ccc(CN2CC[C@]3(OC)CC[C@@H](O)C[C@H]23)cc1CO. The number of hydrogen-bond donors (Lipinski definition) is 2. The quantitative estimate of drug-likeness (QED) is 0.792. The van der Waals surface area contributed by atoms with Crippen molar-refractivity contribution in [3.63, 3.8) is 0 Å². The molecule has 5 nitrogen and oxygen atoms in total. The number of rotatable bonds is 7. The standard InChI is InChI=1S/C20H31NO4/c1-3-10-25-18-5-4-15(11-16(18)14-22)13-21-9-8-20(24-2)7-6-17(23)12-19(20)21/h4-5,11,17,19,22-23H,3,6-10,12-14H2,1-2H3/t17-,19+,20-/m1/s1. The van der Waals surface area contributed by atoms with E-state index in [0.717, 1.165) is 56.5 Å². The lowest BCUT2D eigenvalue weighted by Crippen LogP contribution is -2.51. The average Bonchev–Trinajstić information content (AvgIpc) is 2.99. The summed E-state index contributed by atoms with van der Waals surface area (Å²) >= 11 is 0. The van der Waals surface area contributed by atoms with Gasteiger partial charge in [0.15, 0.2) is 0 Å². The summed E-state index contributed by atoms with van der Waals surface area (Å²) < 4.78 is 11.6. The van der Waals surface area contributed by atoms with Crippen LogP contribution in [0, 0.1) is 0 Å². The number of hydrogen-bond acceptors (Lipinski definition) is 5. The maximum Gasteiger partial charge on any atom is 0.124 e. The van der Waals surface area contributed by atoms with Crippen LogP contribution in [0.4, 0.5) is 0 Å². The monoisotopic (exact) mass is 349 g/mol. The van der Waals surface area contributed by atoms with Crippen molar-refractivity contribution in [1.29, 1.82) is 0 Å². The number of ether oxygens (including phenoxy) is 2. The van der Waals surface area contributed by atoms with Gasteiger partial charge in [-0.05, 0) is 49.8 Å². The molecule has 0 spiro atoms. The Morgan fingerprint density at radius 2 is 2.16 bits per heavy atom. The minimum absolute atomic E-state index is 0.0168. The number of methoxy groups -OCH3 is 1. The first-order chi connectivity index (χ1) is 12.1. The molecule has 1 aromatic carbocycles. The summed E-state index contributed by atoms with van der Waals surface area (Å²) in [6, 6.07) is 6.34. The molecule has 0 amide bonds. The zero-order valence-electron chi connectivity index (χ0n) is 15.4. The summed E-state index contributed by atoms with van der Waals surface area (Å²) in [4.78, 5) is 2.43. The van der Waals surface area contributed by atoms with Gasteiger partial charge in [-0.15, -0.1) is 0 Å². The molecule has 2 fully saturated rings. The topological polar surface area (TPSA) is 62.2 Å². The van der Waals surface area contributed by atoms with Gasteiger partial charge in [0.25, 0.3) is 0 Å². The van der Waals surface area contributed by atoms with Crippen LogP contribution in [0.15, 0.2) is 18.2 Å². The third-order valence-electron chi connectivity index (χ3n) is 5.82. The molecule has 2 N–H and O–H groups in total. The number of nitrogens with zero attached hydrogens (tertiary/aromatic N) is 1. The van der Waals surface area contributed by atoms with Gasteiger partial charge in [0.2, 0.25) is 0 Å². The van der Waals surface area contributed by atoms with E-state index >= 15 is 0 Å². The van der Waals surface area contributed by atoms with Crippen LogP contribution < -0.4 is 4.74 Å². The first-order valence-corrected chi connectivity index (χ1v) is 9.44. The van der Waals surface area contributed by atoms with Gasteiger partial charge in [-0.2, -0.15) is 0 Å². The molecule has 0 bridgehead atoms. The molecule has 0 aromatic heterocycles. The fourth-order valence-electron chi connectivity index (χ4n) is 4.40. The Balaban J connectivity index is 1.73. The van der Waals surface area contributed by atoms with Crippen LogP contribution in [0.1, 0.15) is 50.2 Å². The van der Waals surface area contributed by atoms with E-state index in [2.05, 4.69) is 17.9 Å². The molecule has 2 aliphatic rings. The maximum absolute atomic E-state index is 10.1. The largest absolute Gasteiger partial charge is 0.493 e. The summed E-state index contributed by atoms with van der Waals surface area (Å²) in [5.74, 6) is 0.772. The molecule has 25 heavy (non-hydrogen) atoms. The summed E-state index contributed by atoms with van der Waals surface area (Å²) in [5, 5.41) is 19.8. The predicted octanol–water partition coefficient (Wildman–Crippen LogP) is 2.47. The van der Waals surface area contributed by atoms with Crippen LogP contribution in [0.2, 0.25) is 0 Å². The van der Waals surface area contributed by atoms with E-state index in [4.69, 9.17) is 9.47 Å². The lowest BCUT2D eigenvalue weighted by molar-refractivity contribution is -0.0879. The number of benzene rings is 1. The minimum atomic E-state index is -0.230. The lowest BCUT2D eigenvalue weighted by Gasteiger charge is -2.42. The Morgan fingerprint density at radius 1 is 1.32 bits per heavy atom. The maximum atomic E-state index is 10.1. The Bertz CT molecular complexity index is 579. The predicted molar refractivity (Wildman–Crippen MR) is 96.6 cm³/mol. The van der Waals surface area contributed by atoms with E-state index in [0.29, 0.717) is 6.61 Å². The van der Waals surface area contributed by atoms with Crippen molar-refractivity contribution in [3.05, 3.63) is 29.3 Å². The second-order valence-electron chi connectivity index (χ2n) is 7.38. The Kier molecular flexibility index (Phi) is 6.00. The fraction of sp³-hybridized carbons (Fsp3) is 0.700. The fourth-order valence-corrected chi connectivity index (χ4v) is 4.40. The lowest BCUT2D eigenvalue weighted by atomic mass is 9.79. The van der Waals surface area contributed by atoms with E-state index < -0.39 is 0 Å². The van der Waals surface area contributed by atoms with Gasteiger partial charge >= 0.3 is 0 Å². The molecule has 1 aliphatic heterocycles. The van der Waals surface area contributed by atoms with Crippen LogP contribution in [0.5, 0.6) is 5.75 Å². The van der Waals surface area contributed by atoms with E-state index in [1.54, 1.807) is 7.11 Å². The Labute approximate surface area is 150 Å². The normalized spacial score (nSPS) is 29.6. The van der Waals surface area contributed by atoms with Crippen molar-refractivity contribution < 1.29 is 19.7 Å². The number of aliphatic hydroxyl groups excluding tert-OH is 2. The van der Waals surface area contributed by atoms with Crippen LogP contribution >= 0.6 is 0 Å². The molecule has 0 unspecified atom stereocenters. The summed E-state index contributed by atoms with van der Waals surface area (Å²) in [7, 11) is 1.80. The van der Waals surface area contributed by atoms with Crippen LogP contribution in [-0.4, -0.2) is 53.1 Å². The molecule has 1 saturated heterocycles. The zero-order valence-corrected chi connectivity index (χ0v) is 15.4. The molecule has 1 saturated carbocycles. The van der Waals surface area contributed by atoms with Gasteiger partial charge in [-0.3, -0.25) is 4.90 Å². The smallest absolute Gasteiger partial charge is 0.124 e. The van der Waals surface area contributed by atoms with Gasteiger partial charge in [-0.1, -0.05) is 13.0 Å². The Morgan fingerprint density at radius 3 is 2.88 bits per heavy atom. The molecule has 1 aliphatic carbocycles. The number of fused-ring (bicyclic) bond motifs is 1. The van der Waals surface area contributed by atoms with Gasteiger partial charge in [0.05, 0.1) is 24.9 Å². The van der Waals surface area contributed by atoms with Crippen molar-refractivity contribution in [2.45, 2.75) is 69.9 Å². The van der Waals surface area contributed by atoms with Gasteiger partial charge < -0.3 is 19.7 Å². The van der Waals surface area contributed by atoms with Gasteiger partial charge in [0.1, 0.15) is 5.75 Å². The highest BCUT2D eigenvalue weighted by Gasteiger charge is 2.50. The molecule has 3 rings (SSSR count). The highest BCUT2D eigenvalue weighted by atomic mass is 16.5. The van der Waals surface area contributed by atoms with E-state index in [1.165, 1.54) is 5.56 Å². The van der Waals surface area contributed by atoms with E-state index in [9.17, 15) is 10.2 Å². The highest BCUT2D eigenvalue weighted by molar-refractivity contribution is 5.37. The van der Waals surface area contributed by atoms with Crippen LogP contribution in [-0.2, 0) is 17.9 Å². The third kappa shape index (κ3) is 3.85. The Hall–Kier alpha value is -1.14.